The van der Waals surface area contributed by atoms with Crippen molar-refractivity contribution in [2.45, 2.75) is 51.5 Å². The Morgan fingerprint density at radius 3 is 2.63 bits per heavy atom. The highest BCUT2D eigenvalue weighted by molar-refractivity contribution is 5.91. The number of aromatic nitrogens is 3. The maximum Gasteiger partial charge on any atom is 0.276 e. The summed E-state index contributed by atoms with van der Waals surface area (Å²) < 4.78 is 1.85. The smallest absolute Gasteiger partial charge is 0.276 e. The lowest BCUT2D eigenvalue weighted by molar-refractivity contribution is 0.0718. The Bertz CT molecular complexity index is 430. The van der Waals surface area contributed by atoms with Crippen LogP contribution in [0.1, 0.15) is 55.4 Å². The third-order valence-electron chi connectivity index (χ3n) is 4.32. The Balaban J connectivity index is 1.61. The number of piperidine rings is 1. The van der Waals surface area contributed by atoms with Gasteiger partial charge >= 0.3 is 0 Å². The average molecular weight is 262 g/mol. The van der Waals surface area contributed by atoms with Crippen molar-refractivity contribution < 1.29 is 4.79 Å². The van der Waals surface area contributed by atoms with Crippen LogP contribution < -0.4 is 0 Å². The fraction of sp³-hybridized carbons (Fsp3) is 0.786. The van der Waals surface area contributed by atoms with E-state index in [1.807, 2.05) is 15.8 Å². The van der Waals surface area contributed by atoms with Gasteiger partial charge in [-0.1, -0.05) is 18.1 Å². The zero-order valence-corrected chi connectivity index (χ0v) is 11.4. The lowest BCUT2D eigenvalue weighted by Gasteiger charge is -2.25. The summed E-state index contributed by atoms with van der Waals surface area (Å²) in [5.41, 5.74) is 0.514. The van der Waals surface area contributed by atoms with Crippen LogP contribution in [0, 0.1) is 5.92 Å². The number of nitrogens with zero attached hydrogens (tertiary/aromatic N) is 4. The number of hydrogen-bond acceptors (Lipinski definition) is 3. The van der Waals surface area contributed by atoms with Gasteiger partial charge in [0.2, 0.25) is 0 Å². The first-order valence-corrected chi connectivity index (χ1v) is 7.52. The maximum atomic E-state index is 12.3. The van der Waals surface area contributed by atoms with Crippen LogP contribution >= 0.6 is 0 Å². The number of amides is 1. The van der Waals surface area contributed by atoms with E-state index in [2.05, 4.69) is 10.3 Å². The third-order valence-corrected chi connectivity index (χ3v) is 4.32. The quantitative estimate of drug-likeness (QED) is 0.838. The minimum Gasteiger partial charge on any atom is -0.337 e. The second-order valence-corrected chi connectivity index (χ2v) is 5.83. The van der Waals surface area contributed by atoms with Crippen LogP contribution in [-0.2, 0) is 6.54 Å². The first-order chi connectivity index (χ1) is 9.33. The molecule has 0 unspecified atom stereocenters. The summed E-state index contributed by atoms with van der Waals surface area (Å²) in [7, 11) is 0. The van der Waals surface area contributed by atoms with Crippen molar-refractivity contribution in [1.82, 2.24) is 19.9 Å². The molecule has 0 aromatic carbocycles. The van der Waals surface area contributed by atoms with Crippen LogP contribution in [0.4, 0.5) is 0 Å². The first-order valence-electron chi connectivity index (χ1n) is 7.52. The summed E-state index contributed by atoms with van der Waals surface area (Å²) in [5.74, 6) is 0.775. The first kappa shape index (κ1) is 12.6. The monoisotopic (exact) mass is 262 g/mol. The Morgan fingerprint density at radius 2 is 1.89 bits per heavy atom. The predicted molar refractivity (Wildman–Crippen MR) is 71.7 cm³/mol. The highest BCUT2D eigenvalue weighted by atomic mass is 16.2. The molecule has 1 aromatic heterocycles. The van der Waals surface area contributed by atoms with E-state index in [9.17, 15) is 4.79 Å². The van der Waals surface area contributed by atoms with E-state index in [0.717, 1.165) is 38.4 Å². The summed E-state index contributed by atoms with van der Waals surface area (Å²) in [6, 6.07) is 0. The summed E-state index contributed by atoms with van der Waals surface area (Å²) >= 11 is 0. The Labute approximate surface area is 114 Å². The van der Waals surface area contributed by atoms with Crippen LogP contribution in [0.5, 0.6) is 0 Å². The summed E-state index contributed by atoms with van der Waals surface area (Å²) in [4.78, 5) is 14.2. The molecule has 0 N–H and O–H groups in total. The Hall–Kier alpha value is -1.39. The van der Waals surface area contributed by atoms with Gasteiger partial charge in [-0.3, -0.25) is 9.48 Å². The number of rotatable bonds is 3. The summed E-state index contributed by atoms with van der Waals surface area (Å²) in [6.45, 7) is 2.66. The van der Waals surface area contributed by atoms with E-state index >= 15 is 0 Å². The Kier molecular flexibility index (Phi) is 3.80. The van der Waals surface area contributed by atoms with Gasteiger partial charge in [-0.2, -0.15) is 0 Å². The van der Waals surface area contributed by atoms with Crippen molar-refractivity contribution in [2.24, 2.45) is 5.92 Å². The largest absolute Gasteiger partial charge is 0.337 e. The third kappa shape index (κ3) is 2.96. The van der Waals surface area contributed by atoms with Gasteiger partial charge in [-0.05, 0) is 38.0 Å². The highest BCUT2D eigenvalue weighted by Gasteiger charge is 2.22. The Morgan fingerprint density at radius 1 is 1.16 bits per heavy atom. The number of likely N-dealkylation sites (tertiary alicyclic amines) is 1. The number of carbonyl (C=O) groups is 1. The SMILES string of the molecule is O=C(c1cn(CC2CCCC2)nn1)N1CCCCC1. The number of carbonyl (C=O) groups excluding carboxylic acids is 1. The van der Waals surface area contributed by atoms with E-state index in [0.29, 0.717) is 5.69 Å². The molecule has 0 spiro atoms. The van der Waals surface area contributed by atoms with Gasteiger partial charge in [0.25, 0.3) is 5.91 Å². The lowest BCUT2D eigenvalue weighted by Crippen LogP contribution is -2.35. The van der Waals surface area contributed by atoms with Crippen molar-refractivity contribution in [3.8, 4) is 0 Å². The molecule has 3 rings (SSSR count). The van der Waals surface area contributed by atoms with E-state index < -0.39 is 0 Å². The van der Waals surface area contributed by atoms with Gasteiger partial charge < -0.3 is 4.90 Å². The molecule has 0 atom stereocenters. The van der Waals surface area contributed by atoms with Crippen molar-refractivity contribution in [3.05, 3.63) is 11.9 Å². The molecule has 104 valence electrons. The van der Waals surface area contributed by atoms with E-state index in [1.54, 1.807) is 0 Å². The van der Waals surface area contributed by atoms with Gasteiger partial charge in [0.1, 0.15) is 0 Å². The second-order valence-electron chi connectivity index (χ2n) is 5.83. The molecule has 1 aliphatic heterocycles. The van der Waals surface area contributed by atoms with Crippen LogP contribution in [0.25, 0.3) is 0 Å². The van der Waals surface area contributed by atoms with Gasteiger partial charge in [0, 0.05) is 19.6 Å². The predicted octanol–water partition coefficient (Wildman–Crippen LogP) is 2.09. The summed E-state index contributed by atoms with van der Waals surface area (Å²) in [6.07, 6.45) is 10.5. The van der Waals surface area contributed by atoms with E-state index in [1.165, 1.54) is 32.1 Å². The molecule has 1 aromatic rings. The molecule has 5 nitrogen and oxygen atoms in total. The molecule has 0 radical (unpaired) electrons. The van der Waals surface area contributed by atoms with Crippen LogP contribution in [0.3, 0.4) is 0 Å². The lowest BCUT2D eigenvalue weighted by atomic mass is 10.1. The normalized spacial score (nSPS) is 20.9. The fourth-order valence-electron chi connectivity index (χ4n) is 3.20. The van der Waals surface area contributed by atoms with Gasteiger partial charge in [0.15, 0.2) is 5.69 Å². The molecule has 2 fully saturated rings. The summed E-state index contributed by atoms with van der Waals surface area (Å²) in [5, 5.41) is 8.17. The molecule has 2 aliphatic rings. The zero-order chi connectivity index (χ0) is 13.1. The second kappa shape index (κ2) is 5.72. The molecular weight excluding hydrogens is 240 g/mol. The highest BCUT2D eigenvalue weighted by Crippen LogP contribution is 2.25. The zero-order valence-electron chi connectivity index (χ0n) is 11.4. The molecule has 1 amide bonds. The molecule has 1 saturated heterocycles. The van der Waals surface area contributed by atoms with E-state index in [4.69, 9.17) is 0 Å². The van der Waals surface area contributed by atoms with Gasteiger partial charge in [-0.25, -0.2) is 0 Å². The minimum atomic E-state index is 0.0531. The topological polar surface area (TPSA) is 51.0 Å². The molecule has 19 heavy (non-hydrogen) atoms. The van der Waals surface area contributed by atoms with Crippen molar-refractivity contribution in [3.63, 3.8) is 0 Å². The van der Waals surface area contributed by atoms with Crippen molar-refractivity contribution in [2.75, 3.05) is 13.1 Å². The van der Waals surface area contributed by atoms with Crippen LogP contribution in [-0.4, -0.2) is 38.9 Å². The van der Waals surface area contributed by atoms with Crippen molar-refractivity contribution >= 4 is 5.91 Å². The molecular formula is C14H22N4O. The average Bonchev–Trinajstić information content (AvgIpc) is 3.11. The van der Waals surface area contributed by atoms with Gasteiger partial charge in [-0.15, -0.1) is 5.10 Å². The maximum absolute atomic E-state index is 12.3. The minimum absolute atomic E-state index is 0.0531. The molecule has 5 heteroatoms. The molecule has 2 heterocycles. The fourth-order valence-corrected chi connectivity index (χ4v) is 3.20. The van der Waals surface area contributed by atoms with Crippen molar-refractivity contribution in [1.29, 1.82) is 0 Å². The standard InChI is InChI=1S/C14H22N4O/c19-14(17-8-4-1-5-9-17)13-11-18(16-15-13)10-12-6-2-3-7-12/h11-12H,1-10H2. The van der Waals surface area contributed by atoms with Crippen LogP contribution in [0.2, 0.25) is 0 Å². The van der Waals surface area contributed by atoms with Crippen LogP contribution in [0.15, 0.2) is 6.20 Å². The number of hydrogen-bond donors (Lipinski definition) is 0. The van der Waals surface area contributed by atoms with Gasteiger partial charge in [0.05, 0.1) is 6.20 Å². The van der Waals surface area contributed by atoms with E-state index in [-0.39, 0.29) is 5.91 Å². The molecule has 1 aliphatic carbocycles. The molecule has 1 saturated carbocycles. The molecule has 0 bridgehead atoms.